The van der Waals surface area contributed by atoms with E-state index in [-0.39, 0.29) is 23.6 Å². The van der Waals surface area contributed by atoms with Crippen LogP contribution >= 0.6 is 0 Å². The molecule has 0 aliphatic carbocycles. The maximum Gasteiger partial charge on any atom is 0.306 e. The summed E-state index contributed by atoms with van der Waals surface area (Å²) in [6.45, 7) is 6.78. The maximum absolute atomic E-state index is 13.8. The van der Waals surface area contributed by atoms with Crippen LogP contribution in [-0.4, -0.2) is 39.9 Å². The molecule has 2 heterocycles. The number of aliphatic carboxylic acids is 1. The number of carbonyl (C=O) groups excluding carboxylic acids is 1. The zero-order valence-electron chi connectivity index (χ0n) is 17.0. The van der Waals surface area contributed by atoms with Crippen molar-refractivity contribution in [2.45, 2.75) is 40.0 Å². The third-order valence-corrected chi connectivity index (χ3v) is 5.09. The van der Waals surface area contributed by atoms with Gasteiger partial charge in [0.15, 0.2) is 5.82 Å². The van der Waals surface area contributed by atoms with Gasteiger partial charge in [-0.15, -0.1) is 0 Å². The van der Waals surface area contributed by atoms with E-state index >= 15 is 0 Å². The molecule has 1 fully saturated rings. The molecule has 156 valence electrons. The molecule has 0 saturated carbocycles. The number of benzene rings is 1. The molecule has 3 rings (SSSR count). The Balaban J connectivity index is 2.00. The van der Waals surface area contributed by atoms with Crippen LogP contribution in [0.4, 0.5) is 15.9 Å². The lowest BCUT2D eigenvalue weighted by Crippen LogP contribution is -2.38. The smallest absolute Gasteiger partial charge is 0.306 e. The molecular formula is C21H27FN4O3. The first-order valence-electron chi connectivity index (χ1n) is 9.89. The molecule has 1 aliphatic heterocycles. The monoisotopic (exact) mass is 402 g/mol. The highest BCUT2D eigenvalue weighted by atomic mass is 19.1. The highest BCUT2D eigenvalue weighted by Crippen LogP contribution is 2.35. The summed E-state index contributed by atoms with van der Waals surface area (Å²) in [5, 5.41) is 16.8. The van der Waals surface area contributed by atoms with Crippen LogP contribution in [0.3, 0.4) is 0 Å². The Kier molecular flexibility index (Phi) is 6.20. The van der Waals surface area contributed by atoms with Gasteiger partial charge in [-0.25, -0.2) is 9.07 Å². The van der Waals surface area contributed by atoms with Gasteiger partial charge in [0, 0.05) is 19.5 Å². The Morgan fingerprint density at radius 1 is 1.31 bits per heavy atom. The zero-order valence-corrected chi connectivity index (χ0v) is 17.0. The van der Waals surface area contributed by atoms with Crippen molar-refractivity contribution in [3.63, 3.8) is 0 Å². The lowest BCUT2D eigenvalue weighted by molar-refractivity contribution is -0.142. The van der Waals surface area contributed by atoms with E-state index < -0.39 is 5.97 Å². The Hall–Kier alpha value is -2.90. The van der Waals surface area contributed by atoms with Gasteiger partial charge >= 0.3 is 5.97 Å². The van der Waals surface area contributed by atoms with Crippen LogP contribution in [0, 0.1) is 24.6 Å². The van der Waals surface area contributed by atoms with E-state index in [4.69, 9.17) is 0 Å². The number of nitrogens with zero attached hydrogens (tertiary/aromatic N) is 3. The lowest BCUT2D eigenvalue weighted by Gasteiger charge is -2.32. The van der Waals surface area contributed by atoms with Crippen molar-refractivity contribution in [1.29, 1.82) is 0 Å². The summed E-state index contributed by atoms with van der Waals surface area (Å²) in [7, 11) is 0. The summed E-state index contributed by atoms with van der Waals surface area (Å²) in [5.74, 6) is -0.778. The third-order valence-electron chi connectivity index (χ3n) is 5.09. The van der Waals surface area contributed by atoms with Crippen molar-refractivity contribution in [2.24, 2.45) is 11.8 Å². The lowest BCUT2D eigenvalue weighted by atomic mass is 9.97. The molecule has 2 aromatic rings. The molecule has 1 saturated heterocycles. The predicted molar refractivity (Wildman–Crippen MR) is 109 cm³/mol. The zero-order chi connectivity index (χ0) is 21.1. The number of piperidine rings is 1. The minimum Gasteiger partial charge on any atom is -0.481 e. The van der Waals surface area contributed by atoms with Crippen molar-refractivity contribution in [1.82, 2.24) is 9.78 Å². The fraction of sp³-hybridized carbons (Fsp3) is 0.476. The molecule has 0 spiro atoms. The first kappa shape index (κ1) is 20.8. The second-order valence-corrected chi connectivity index (χ2v) is 7.92. The summed E-state index contributed by atoms with van der Waals surface area (Å²) >= 11 is 0. The minimum atomic E-state index is -0.787. The summed E-state index contributed by atoms with van der Waals surface area (Å²) in [5.41, 5.74) is 1.77. The highest BCUT2D eigenvalue weighted by Gasteiger charge is 2.30. The fourth-order valence-corrected chi connectivity index (χ4v) is 3.64. The molecular weight excluding hydrogens is 375 g/mol. The van der Waals surface area contributed by atoms with E-state index in [1.54, 1.807) is 23.7 Å². The topological polar surface area (TPSA) is 87.5 Å². The van der Waals surface area contributed by atoms with E-state index in [0.29, 0.717) is 55.2 Å². The summed E-state index contributed by atoms with van der Waals surface area (Å²) < 4.78 is 15.5. The largest absolute Gasteiger partial charge is 0.481 e. The number of hydrogen-bond acceptors (Lipinski definition) is 4. The van der Waals surface area contributed by atoms with Crippen LogP contribution in [0.2, 0.25) is 0 Å². The third kappa shape index (κ3) is 4.75. The molecule has 7 nitrogen and oxygen atoms in total. The van der Waals surface area contributed by atoms with Gasteiger partial charge in [0.2, 0.25) is 5.91 Å². The molecule has 2 N–H and O–H groups in total. The Morgan fingerprint density at radius 3 is 2.59 bits per heavy atom. The number of halogens is 1. The van der Waals surface area contributed by atoms with E-state index in [1.165, 1.54) is 12.1 Å². The Bertz CT molecular complexity index is 901. The van der Waals surface area contributed by atoms with E-state index in [1.807, 2.05) is 18.7 Å². The number of amides is 1. The normalized spacial score (nSPS) is 15.0. The molecule has 0 radical (unpaired) electrons. The van der Waals surface area contributed by atoms with E-state index in [0.717, 1.165) is 0 Å². The first-order valence-corrected chi connectivity index (χ1v) is 9.89. The summed E-state index contributed by atoms with van der Waals surface area (Å²) in [6.07, 6.45) is 1.38. The van der Waals surface area contributed by atoms with Crippen LogP contribution < -0.4 is 10.2 Å². The van der Waals surface area contributed by atoms with Gasteiger partial charge in [-0.1, -0.05) is 19.9 Å². The number of hydrogen-bond donors (Lipinski definition) is 2. The average molecular weight is 402 g/mol. The quantitative estimate of drug-likeness (QED) is 0.771. The summed E-state index contributed by atoms with van der Waals surface area (Å²) in [6, 6.07) is 6.12. The number of aromatic nitrogens is 2. The van der Waals surface area contributed by atoms with Gasteiger partial charge in [-0.2, -0.15) is 5.10 Å². The van der Waals surface area contributed by atoms with Crippen LogP contribution in [0.15, 0.2) is 24.3 Å². The van der Waals surface area contributed by atoms with Crippen molar-refractivity contribution in [3.05, 3.63) is 35.8 Å². The van der Waals surface area contributed by atoms with Crippen molar-refractivity contribution in [2.75, 3.05) is 23.3 Å². The molecule has 0 atom stereocenters. The number of anilines is 2. The van der Waals surface area contributed by atoms with E-state index in [2.05, 4.69) is 10.4 Å². The number of carbonyl (C=O) groups is 2. The standard InChI is InChI=1S/C21H27FN4O3/c1-13(2)11-18(27)23-19-14(3)24-26(17-6-4-5-16(22)12-17)20(19)25-9-7-15(8-10-25)21(28)29/h4-6,12-13,15H,7-11H2,1-3H3,(H,23,27)(H,28,29). The van der Waals surface area contributed by atoms with Crippen LogP contribution in [-0.2, 0) is 9.59 Å². The maximum atomic E-state index is 13.8. The second-order valence-electron chi connectivity index (χ2n) is 7.92. The van der Waals surface area contributed by atoms with Crippen LogP contribution in [0.25, 0.3) is 5.69 Å². The molecule has 1 aromatic carbocycles. The molecule has 8 heteroatoms. The predicted octanol–water partition coefficient (Wildman–Crippen LogP) is 3.61. The number of carboxylic acids is 1. The summed E-state index contributed by atoms with van der Waals surface area (Å²) in [4.78, 5) is 25.8. The first-order chi connectivity index (χ1) is 13.8. The Labute approximate surface area is 169 Å². The van der Waals surface area contributed by atoms with Gasteiger partial charge in [-0.3, -0.25) is 9.59 Å². The fourth-order valence-electron chi connectivity index (χ4n) is 3.64. The van der Waals surface area contributed by atoms with Gasteiger partial charge in [0.05, 0.1) is 17.3 Å². The van der Waals surface area contributed by atoms with E-state index in [9.17, 15) is 19.1 Å². The van der Waals surface area contributed by atoms with Gasteiger partial charge in [0.1, 0.15) is 11.5 Å². The molecule has 29 heavy (non-hydrogen) atoms. The van der Waals surface area contributed by atoms with Crippen molar-refractivity contribution < 1.29 is 19.1 Å². The number of aryl methyl sites for hydroxylation is 1. The van der Waals surface area contributed by atoms with Crippen molar-refractivity contribution >= 4 is 23.4 Å². The van der Waals surface area contributed by atoms with Gasteiger partial charge in [0.25, 0.3) is 0 Å². The number of carboxylic acid groups (broad SMARTS) is 1. The highest BCUT2D eigenvalue weighted by molar-refractivity contribution is 5.95. The molecule has 1 amide bonds. The molecule has 1 aliphatic rings. The van der Waals surface area contributed by atoms with Crippen molar-refractivity contribution in [3.8, 4) is 5.69 Å². The van der Waals surface area contributed by atoms with Gasteiger partial charge < -0.3 is 15.3 Å². The minimum absolute atomic E-state index is 0.108. The average Bonchev–Trinajstić information content (AvgIpc) is 2.97. The van der Waals surface area contributed by atoms with Gasteiger partial charge in [-0.05, 0) is 43.9 Å². The molecule has 0 bridgehead atoms. The Morgan fingerprint density at radius 2 is 2.00 bits per heavy atom. The number of nitrogens with one attached hydrogen (secondary N) is 1. The molecule has 0 unspecified atom stereocenters. The van der Waals surface area contributed by atoms with Crippen LogP contribution in [0.1, 0.15) is 38.8 Å². The molecule has 1 aromatic heterocycles. The van der Waals surface area contributed by atoms with Crippen LogP contribution in [0.5, 0.6) is 0 Å². The SMILES string of the molecule is Cc1nn(-c2cccc(F)c2)c(N2CCC(C(=O)O)CC2)c1NC(=O)CC(C)C. The second kappa shape index (κ2) is 8.63. The number of rotatable bonds is 6.